The number of ether oxygens (including phenoxy) is 2. The van der Waals surface area contributed by atoms with Crippen molar-refractivity contribution in [3.8, 4) is 5.75 Å². The first-order valence-corrected chi connectivity index (χ1v) is 7.16. The molecule has 116 valence electrons. The lowest BCUT2D eigenvalue weighted by Gasteiger charge is -2.19. The second-order valence-corrected chi connectivity index (χ2v) is 5.05. The van der Waals surface area contributed by atoms with Crippen LogP contribution in [0.5, 0.6) is 5.75 Å². The van der Waals surface area contributed by atoms with Crippen molar-refractivity contribution in [2.75, 3.05) is 20.8 Å². The molecule has 1 amide bonds. The van der Waals surface area contributed by atoms with Gasteiger partial charge in [0.25, 0.3) is 5.91 Å². The van der Waals surface area contributed by atoms with Crippen molar-refractivity contribution in [1.82, 2.24) is 5.32 Å². The van der Waals surface area contributed by atoms with Crippen LogP contribution < -0.4 is 10.1 Å². The van der Waals surface area contributed by atoms with Gasteiger partial charge >= 0.3 is 0 Å². The lowest BCUT2D eigenvalue weighted by Crippen LogP contribution is -2.29. The van der Waals surface area contributed by atoms with E-state index >= 15 is 0 Å². The highest BCUT2D eigenvalue weighted by Crippen LogP contribution is 2.26. The zero-order valence-electron chi connectivity index (χ0n) is 13.1. The van der Waals surface area contributed by atoms with Gasteiger partial charge in [-0.15, -0.1) is 0 Å². The van der Waals surface area contributed by atoms with E-state index in [0.29, 0.717) is 12.1 Å². The van der Waals surface area contributed by atoms with Gasteiger partial charge in [0.1, 0.15) is 11.9 Å². The van der Waals surface area contributed by atoms with Crippen LogP contribution in [-0.4, -0.2) is 26.7 Å². The summed E-state index contributed by atoms with van der Waals surface area (Å²) in [5.74, 6) is 0.639. The van der Waals surface area contributed by atoms with Gasteiger partial charge in [0.15, 0.2) is 0 Å². The maximum atomic E-state index is 12.2. The first-order valence-electron chi connectivity index (χ1n) is 7.16. The molecule has 1 unspecified atom stereocenters. The highest BCUT2D eigenvalue weighted by molar-refractivity contribution is 5.94. The lowest BCUT2D eigenvalue weighted by molar-refractivity contribution is 0.0819. The highest BCUT2D eigenvalue weighted by Gasteiger charge is 2.16. The van der Waals surface area contributed by atoms with Crippen LogP contribution in [0.1, 0.15) is 27.6 Å². The van der Waals surface area contributed by atoms with E-state index in [9.17, 15) is 4.79 Å². The van der Waals surface area contributed by atoms with Gasteiger partial charge in [-0.3, -0.25) is 4.79 Å². The summed E-state index contributed by atoms with van der Waals surface area (Å²) < 4.78 is 10.8. The van der Waals surface area contributed by atoms with Crippen molar-refractivity contribution in [2.45, 2.75) is 13.0 Å². The molecular weight excluding hydrogens is 278 g/mol. The van der Waals surface area contributed by atoms with E-state index < -0.39 is 0 Å². The lowest BCUT2D eigenvalue weighted by atomic mass is 10.1. The molecule has 0 fully saturated rings. The Labute approximate surface area is 131 Å². The van der Waals surface area contributed by atoms with Crippen molar-refractivity contribution in [1.29, 1.82) is 0 Å². The van der Waals surface area contributed by atoms with Gasteiger partial charge in [0.2, 0.25) is 0 Å². The van der Waals surface area contributed by atoms with E-state index in [1.807, 2.05) is 49.4 Å². The topological polar surface area (TPSA) is 47.6 Å². The second-order valence-electron chi connectivity index (χ2n) is 5.05. The zero-order valence-corrected chi connectivity index (χ0v) is 13.1. The number of hydrogen-bond donors (Lipinski definition) is 1. The quantitative estimate of drug-likeness (QED) is 0.891. The van der Waals surface area contributed by atoms with E-state index in [-0.39, 0.29) is 12.0 Å². The van der Waals surface area contributed by atoms with Crippen LogP contribution in [0.3, 0.4) is 0 Å². The maximum Gasteiger partial charge on any atom is 0.251 e. The average Bonchev–Trinajstić information content (AvgIpc) is 2.55. The summed E-state index contributed by atoms with van der Waals surface area (Å²) in [4.78, 5) is 12.2. The van der Waals surface area contributed by atoms with Gasteiger partial charge < -0.3 is 14.8 Å². The Bertz CT molecular complexity index is 640. The molecule has 4 heteroatoms. The number of carbonyl (C=O) groups is 1. The van der Waals surface area contributed by atoms with E-state index in [1.54, 1.807) is 20.3 Å². The molecule has 1 atom stereocenters. The van der Waals surface area contributed by atoms with E-state index in [1.165, 1.54) is 0 Å². The number of methoxy groups -OCH3 is 2. The predicted octanol–water partition coefficient (Wildman–Crippen LogP) is 3.12. The van der Waals surface area contributed by atoms with Crippen LogP contribution in [0.2, 0.25) is 0 Å². The molecule has 2 aromatic rings. The summed E-state index contributed by atoms with van der Waals surface area (Å²) in [5, 5.41) is 2.91. The maximum absolute atomic E-state index is 12.2. The summed E-state index contributed by atoms with van der Waals surface area (Å²) >= 11 is 0. The molecule has 0 aliphatic heterocycles. The molecule has 0 saturated carbocycles. The molecule has 0 radical (unpaired) electrons. The van der Waals surface area contributed by atoms with Crippen LogP contribution in [0.25, 0.3) is 0 Å². The van der Waals surface area contributed by atoms with Crippen LogP contribution >= 0.6 is 0 Å². The number of amides is 1. The Balaban J connectivity index is 2.06. The van der Waals surface area contributed by atoms with Gasteiger partial charge in [-0.05, 0) is 25.1 Å². The molecular formula is C18H21NO3. The fourth-order valence-electron chi connectivity index (χ4n) is 2.33. The Morgan fingerprint density at radius 3 is 2.59 bits per heavy atom. The molecule has 22 heavy (non-hydrogen) atoms. The number of carbonyl (C=O) groups excluding carboxylic acids is 1. The SMILES string of the molecule is COc1ccccc1C(CNC(=O)c1cccc(C)c1)OC. The number of para-hydroxylation sites is 1. The number of hydrogen-bond acceptors (Lipinski definition) is 3. The normalized spacial score (nSPS) is 11.8. The molecule has 2 aromatic carbocycles. The predicted molar refractivity (Wildman–Crippen MR) is 86.3 cm³/mol. The number of benzene rings is 2. The second kappa shape index (κ2) is 7.61. The largest absolute Gasteiger partial charge is 0.496 e. The van der Waals surface area contributed by atoms with E-state index in [2.05, 4.69) is 5.32 Å². The Morgan fingerprint density at radius 1 is 1.14 bits per heavy atom. The third-order valence-corrected chi connectivity index (χ3v) is 3.50. The number of nitrogens with one attached hydrogen (secondary N) is 1. The molecule has 0 aliphatic carbocycles. The monoisotopic (exact) mass is 299 g/mol. The minimum Gasteiger partial charge on any atom is -0.496 e. The van der Waals surface area contributed by atoms with Crippen LogP contribution in [0.15, 0.2) is 48.5 Å². The molecule has 0 bridgehead atoms. The third kappa shape index (κ3) is 3.86. The Kier molecular flexibility index (Phi) is 5.55. The molecule has 4 nitrogen and oxygen atoms in total. The molecule has 0 spiro atoms. The smallest absolute Gasteiger partial charge is 0.251 e. The summed E-state index contributed by atoms with van der Waals surface area (Å²) in [6.07, 6.45) is -0.259. The minimum atomic E-state index is -0.259. The van der Waals surface area contributed by atoms with Crippen molar-refractivity contribution in [3.05, 3.63) is 65.2 Å². The molecule has 2 rings (SSSR count). The highest BCUT2D eigenvalue weighted by atomic mass is 16.5. The minimum absolute atomic E-state index is 0.111. The van der Waals surface area contributed by atoms with Crippen LogP contribution in [0.4, 0.5) is 0 Å². The van der Waals surface area contributed by atoms with Crippen molar-refractivity contribution < 1.29 is 14.3 Å². The van der Waals surface area contributed by atoms with Crippen molar-refractivity contribution in [2.24, 2.45) is 0 Å². The Morgan fingerprint density at radius 2 is 1.91 bits per heavy atom. The van der Waals surface area contributed by atoms with Gasteiger partial charge in [0.05, 0.1) is 7.11 Å². The number of aryl methyl sites for hydroxylation is 1. The van der Waals surface area contributed by atoms with Gasteiger partial charge in [0, 0.05) is 24.8 Å². The van der Waals surface area contributed by atoms with E-state index in [4.69, 9.17) is 9.47 Å². The summed E-state index contributed by atoms with van der Waals surface area (Å²) in [5.41, 5.74) is 2.62. The first-order chi connectivity index (χ1) is 10.7. The zero-order chi connectivity index (χ0) is 15.9. The van der Waals surface area contributed by atoms with Crippen LogP contribution in [0, 0.1) is 6.92 Å². The fourth-order valence-corrected chi connectivity index (χ4v) is 2.33. The van der Waals surface area contributed by atoms with Gasteiger partial charge in [-0.1, -0.05) is 35.9 Å². The standard InChI is InChI=1S/C18H21NO3/c1-13-7-6-8-14(11-13)18(20)19-12-17(22-3)15-9-4-5-10-16(15)21-2/h4-11,17H,12H2,1-3H3,(H,19,20). The van der Waals surface area contributed by atoms with Crippen molar-refractivity contribution >= 4 is 5.91 Å². The Hall–Kier alpha value is -2.33. The molecule has 0 heterocycles. The molecule has 0 aromatic heterocycles. The fraction of sp³-hybridized carbons (Fsp3) is 0.278. The van der Waals surface area contributed by atoms with Crippen molar-refractivity contribution in [3.63, 3.8) is 0 Å². The van der Waals surface area contributed by atoms with E-state index in [0.717, 1.165) is 16.9 Å². The summed E-state index contributed by atoms with van der Waals surface area (Å²) in [6.45, 7) is 2.34. The van der Waals surface area contributed by atoms with Crippen LogP contribution in [-0.2, 0) is 4.74 Å². The van der Waals surface area contributed by atoms with Gasteiger partial charge in [-0.25, -0.2) is 0 Å². The molecule has 0 aliphatic rings. The summed E-state index contributed by atoms with van der Waals surface area (Å²) in [7, 11) is 3.24. The average molecular weight is 299 g/mol. The van der Waals surface area contributed by atoms with Gasteiger partial charge in [-0.2, -0.15) is 0 Å². The molecule has 1 N–H and O–H groups in total. The molecule has 0 saturated heterocycles. The number of rotatable bonds is 6. The third-order valence-electron chi connectivity index (χ3n) is 3.50. The first kappa shape index (κ1) is 16.0. The summed E-state index contributed by atoms with van der Waals surface area (Å²) in [6, 6.07) is 15.1.